The summed E-state index contributed by atoms with van der Waals surface area (Å²) >= 11 is 2.99. The van der Waals surface area contributed by atoms with Gasteiger partial charge >= 0.3 is 0 Å². The van der Waals surface area contributed by atoms with E-state index in [0.29, 0.717) is 39.9 Å². The lowest BCUT2D eigenvalue weighted by molar-refractivity contribution is 0.355. The van der Waals surface area contributed by atoms with Crippen LogP contribution in [0, 0.1) is 0 Å². The summed E-state index contributed by atoms with van der Waals surface area (Å²) in [5.41, 5.74) is 2.62. The molecular formula is C22H21N3O5S2. The Kier molecular flexibility index (Phi) is 6.81. The number of methoxy groups -OCH3 is 4. The molecule has 0 atom stereocenters. The molecule has 0 amide bonds. The molecule has 0 N–H and O–H groups in total. The van der Waals surface area contributed by atoms with E-state index in [1.54, 1.807) is 45.8 Å². The SMILES string of the molecule is COc1cc(OC)cc(-c2nnc(SCc3csc(-c4ccc(OC)c(OC)c4)n3)o2)c1. The van der Waals surface area contributed by atoms with Gasteiger partial charge in [0.05, 0.1) is 34.1 Å². The molecule has 166 valence electrons. The molecule has 0 saturated heterocycles. The summed E-state index contributed by atoms with van der Waals surface area (Å²) in [5.74, 6) is 3.66. The van der Waals surface area contributed by atoms with Crippen molar-refractivity contribution in [2.24, 2.45) is 0 Å². The van der Waals surface area contributed by atoms with Crippen molar-refractivity contribution in [1.82, 2.24) is 15.2 Å². The Morgan fingerprint density at radius 3 is 2.28 bits per heavy atom. The van der Waals surface area contributed by atoms with Crippen LogP contribution in [0.4, 0.5) is 0 Å². The third-order valence-electron chi connectivity index (χ3n) is 4.53. The van der Waals surface area contributed by atoms with Crippen LogP contribution in [0.15, 0.2) is 51.4 Å². The maximum atomic E-state index is 5.81. The van der Waals surface area contributed by atoms with Gasteiger partial charge in [-0.15, -0.1) is 21.5 Å². The van der Waals surface area contributed by atoms with Gasteiger partial charge in [0.15, 0.2) is 11.5 Å². The highest BCUT2D eigenvalue weighted by atomic mass is 32.2. The second-order valence-corrected chi connectivity index (χ2v) is 8.26. The maximum Gasteiger partial charge on any atom is 0.277 e. The molecule has 32 heavy (non-hydrogen) atoms. The van der Waals surface area contributed by atoms with Crippen LogP contribution in [0.3, 0.4) is 0 Å². The van der Waals surface area contributed by atoms with Crippen LogP contribution in [-0.4, -0.2) is 43.6 Å². The van der Waals surface area contributed by atoms with E-state index in [1.807, 2.05) is 35.7 Å². The Balaban J connectivity index is 1.45. The van der Waals surface area contributed by atoms with Crippen molar-refractivity contribution in [3.05, 3.63) is 47.5 Å². The first-order valence-corrected chi connectivity index (χ1v) is 11.4. The number of benzene rings is 2. The summed E-state index contributed by atoms with van der Waals surface area (Å²) in [4.78, 5) is 4.72. The van der Waals surface area contributed by atoms with Gasteiger partial charge in [-0.3, -0.25) is 0 Å². The van der Waals surface area contributed by atoms with Crippen LogP contribution >= 0.6 is 23.1 Å². The molecule has 0 radical (unpaired) electrons. The van der Waals surface area contributed by atoms with Gasteiger partial charge in [0, 0.05) is 28.3 Å². The fraction of sp³-hybridized carbons (Fsp3) is 0.227. The average Bonchev–Trinajstić information content (AvgIpc) is 3.51. The molecule has 2 aromatic heterocycles. The van der Waals surface area contributed by atoms with Gasteiger partial charge in [-0.1, -0.05) is 11.8 Å². The minimum Gasteiger partial charge on any atom is -0.497 e. The smallest absolute Gasteiger partial charge is 0.277 e. The number of thioether (sulfide) groups is 1. The molecule has 0 spiro atoms. The van der Waals surface area contributed by atoms with E-state index in [-0.39, 0.29) is 0 Å². The van der Waals surface area contributed by atoms with Crippen LogP contribution in [-0.2, 0) is 5.75 Å². The number of ether oxygens (including phenoxy) is 4. The summed E-state index contributed by atoms with van der Waals surface area (Å²) in [6, 6.07) is 11.2. The van der Waals surface area contributed by atoms with E-state index < -0.39 is 0 Å². The van der Waals surface area contributed by atoms with Gasteiger partial charge in [0.2, 0.25) is 5.89 Å². The normalized spacial score (nSPS) is 10.8. The van der Waals surface area contributed by atoms with Gasteiger partial charge in [0.1, 0.15) is 16.5 Å². The fourth-order valence-corrected chi connectivity index (χ4v) is 4.50. The average molecular weight is 472 g/mol. The summed E-state index contributed by atoms with van der Waals surface area (Å²) in [7, 11) is 6.42. The quantitative estimate of drug-likeness (QED) is 0.306. The minimum atomic E-state index is 0.397. The third kappa shape index (κ3) is 4.81. The first-order valence-electron chi connectivity index (χ1n) is 9.50. The van der Waals surface area contributed by atoms with Crippen LogP contribution in [0.2, 0.25) is 0 Å². The zero-order valence-corrected chi connectivity index (χ0v) is 19.6. The van der Waals surface area contributed by atoms with Crippen LogP contribution in [0.1, 0.15) is 5.69 Å². The summed E-state index contributed by atoms with van der Waals surface area (Å²) < 4.78 is 27.1. The molecule has 0 aliphatic heterocycles. The van der Waals surface area contributed by atoms with E-state index in [2.05, 4.69) is 10.2 Å². The Labute approximate surface area is 193 Å². The second-order valence-electron chi connectivity index (χ2n) is 6.48. The third-order valence-corrected chi connectivity index (χ3v) is 6.32. The van der Waals surface area contributed by atoms with E-state index in [1.165, 1.54) is 11.8 Å². The molecule has 8 nitrogen and oxygen atoms in total. The van der Waals surface area contributed by atoms with Gasteiger partial charge < -0.3 is 23.4 Å². The molecule has 2 heterocycles. The monoisotopic (exact) mass is 471 g/mol. The van der Waals surface area contributed by atoms with Gasteiger partial charge in [0.25, 0.3) is 5.22 Å². The van der Waals surface area contributed by atoms with E-state index in [0.717, 1.165) is 21.8 Å². The zero-order valence-electron chi connectivity index (χ0n) is 17.9. The van der Waals surface area contributed by atoms with E-state index in [4.69, 9.17) is 28.3 Å². The number of hydrogen-bond donors (Lipinski definition) is 0. The lowest BCUT2D eigenvalue weighted by Crippen LogP contribution is -1.90. The molecule has 0 aliphatic carbocycles. The van der Waals surface area contributed by atoms with Crippen molar-refractivity contribution < 1.29 is 23.4 Å². The molecule has 10 heteroatoms. The van der Waals surface area contributed by atoms with Crippen molar-refractivity contribution >= 4 is 23.1 Å². The van der Waals surface area contributed by atoms with Gasteiger partial charge in [-0.05, 0) is 30.3 Å². The number of rotatable bonds is 9. The van der Waals surface area contributed by atoms with Gasteiger partial charge in [-0.2, -0.15) is 0 Å². The number of hydrogen-bond acceptors (Lipinski definition) is 10. The highest BCUT2D eigenvalue weighted by Crippen LogP contribution is 2.35. The second kappa shape index (κ2) is 9.92. The summed E-state index contributed by atoms with van der Waals surface area (Å²) in [5, 5.41) is 11.7. The largest absolute Gasteiger partial charge is 0.497 e. The van der Waals surface area contributed by atoms with Crippen LogP contribution in [0.25, 0.3) is 22.0 Å². The van der Waals surface area contributed by atoms with Crippen molar-refractivity contribution in [1.29, 1.82) is 0 Å². The Bertz CT molecular complexity index is 1190. The highest BCUT2D eigenvalue weighted by Gasteiger charge is 2.14. The van der Waals surface area contributed by atoms with E-state index >= 15 is 0 Å². The molecule has 0 saturated carbocycles. The summed E-state index contributed by atoms with van der Waals surface area (Å²) in [6.07, 6.45) is 0. The van der Waals surface area contributed by atoms with Crippen molar-refractivity contribution in [3.63, 3.8) is 0 Å². The Morgan fingerprint density at radius 1 is 0.844 bits per heavy atom. The maximum absolute atomic E-state index is 5.81. The molecule has 0 aliphatic rings. The summed E-state index contributed by atoms with van der Waals surface area (Å²) in [6.45, 7) is 0. The van der Waals surface area contributed by atoms with Crippen LogP contribution < -0.4 is 18.9 Å². The van der Waals surface area contributed by atoms with Crippen molar-refractivity contribution in [2.75, 3.05) is 28.4 Å². The highest BCUT2D eigenvalue weighted by molar-refractivity contribution is 7.98. The first-order chi connectivity index (χ1) is 15.6. The predicted molar refractivity (Wildman–Crippen MR) is 123 cm³/mol. The number of aromatic nitrogens is 3. The molecule has 0 fully saturated rings. The first kappa shape index (κ1) is 22.0. The minimum absolute atomic E-state index is 0.397. The molecule has 2 aromatic carbocycles. The molecule has 4 rings (SSSR count). The van der Waals surface area contributed by atoms with Crippen molar-refractivity contribution in [3.8, 4) is 45.0 Å². The van der Waals surface area contributed by atoms with Crippen LogP contribution in [0.5, 0.6) is 23.0 Å². The fourth-order valence-electron chi connectivity index (χ4n) is 2.93. The zero-order chi connectivity index (χ0) is 22.5. The van der Waals surface area contributed by atoms with E-state index in [9.17, 15) is 0 Å². The van der Waals surface area contributed by atoms with Crippen molar-refractivity contribution in [2.45, 2.75) is 11.0 Å². The standard InChI is InChI=1S/C22H21N3O5S2/c1-26-16-7-14(8-17(10-16)27-2)20-24-25-22(30-20)32-12-15-11-31-21(23-15)13-5-6-18(28-3)19(9-13)29-4/h5-11H,12H2,1-4H3. The topological polar surface area (TPSA) is 88.7 Å². The van der Waals surface area contributed by atoms with Gasteiger partial charge in [-0.25, -0.2) is 4.98 Å². The molecule has 0 bridgehead atoms. The Hall–Kier alpha value is -3.24. The number of nitrogens with zero attached hydrogens (tertiary/aromatic N) is 3. The molecule has 4 aromatic rings. The lowest BCUT2D eigenvalue weighted by Gasteiger charge is -2.08. The predicted octanol–water partition coefficient (Wildman–Crippen LogP) is 5.19. The molecular weight excluding hydrogens is 450 g/mol. The lowest BCUT2D eigenvalue weighted by atomic mass is 10.2. The molecule has 0 unspecified atom stereocenters. The number of thiazole rings is 1. The Morgan fingerprint density at radius 2 is 1.59 bits per heavy atom.